The second-order valence-electron chi connectivity index (χ2n) is 5.40. The van der Waals surface area contributed by atoms with Crippen LogP contribution in [0.1, 0.15) is 48.6 Å². The average Bonchev–Trinajstić information content (AvgIpc) is 2.94. The number of hydrogen-bond acceptors (Lipinski definition) is 4. The lowest BCUT2D eigenvalue weighted by Gasteiger charge is -2.19. The van der Waals surface area contributed by atoms with E-state index in [1.807, 2.05) is 13.8 Å². The van der Waals surface area contributed by atoms with Gasteiger partial charge in [0.2, 0.25) is 10.0 Å². The van der Waals surface area contributed by atoms with Gasteiger partial charge in [0.15, 0.2) is 0 Å². The molecule has 2 heterocycles. The van der Waals surface area contributed by atoms with Crippen LogP contribution >= 0.6 is 11.3 Å². The van der Waals surface area contributed by atoms with Gasteiger partial charge in [0.1, 0.15) is 5.25 Å². The van der Waals surface area contributed by atoms with Crippen molar-refractivity contribution in [1.29, 1.82) is 0 Å². The fraction of sp³-hybridized carbons (Fsp3) is 0.714. The van der Waals surface area contributed by atoms with Crippen LogP contribution < -0.4 is 4.72 Å². The molecule has 3 atom stereocenters. The van der Waals surface area contributed by atoms with E-state index in [4.69, 9.17) is 4.74 Å². The second-order valence-corrected chi connectivity index (χ2v) is 8.50. The van der Waals surface area contributed by atoms with Gasteiger partial charge in [0, 0.05) is 16.4 Å². The molecule has 0 bridgehead atoms. The van der Waals surface area contributed by atoms with Crippen LogP contribution in [0.4, 0.5) is 0 Å². The Morgan fingerprint density at radius 2 is 2.25 bits per heavy atom. The monoisotopic (exact) mass is 317 g/mol. The SMILES string of the molecule is CCc1sc([C@H](C)NS(=O)(=O)[C@@H]2CCO[C@H]2C)cc1C. The normalized spacial score (nSPS) is 25.0. The van der Waals surface area contributed by atoms with Crippen LogP contribution in [0, 0.1) is 6.92 Å². The maximum atomic E-state index is 12.4. The van der Waals surface area contributed by atoms with Gasteiger partial charge in [-0.1, -0.05) is 6.92 Å². The van der Waals surface area contributed by atoms with E-state index >= 15 is 0 Å². The molecule has 0 aliphatic carbocycles. The Labute approximate surface area is 125 Å². The van der Waals surface area contributed by atoms with Gasteiger partial charge in [-0.15, -0.1) is 11.3 Å². The van der Waals surface area contributed by atoms with E-state index in [2.05, 4.69) is 24.6 Å². The zero-order valence-electron chi connectivity index (χ0n) is 12.5. The molecule has 0 spiro atoms. The lowest BCUT2D eigenvalue weighted by atomic mass is 10.2. The van der Waals surface area contributed by atoms with Crippen molar-refractivity contribution in [1.82, 2.24) is 4.72 Å². The summed E-state index contributed by atoms with van der Waals surface area (Å²) in [6, 6.07) is 1.91. The molecule has 1 aliphatic rings. The zero-order chi connectivity index (χ0) is 14.9. The molecule has 20 heavy (non-hydrogen) atoms. The van der Waals surface area contributed by atoms with E-state index in [1.165, 1.54) is 10.4 Å². The highest BCUT2D eigenvalue weighted by atomic mass is 32.2. The van der Waals surface area contributed by atoms with E-state index in [0.717, 1.165) is 11.3 Å². The fourth-order valence-corrected chi connectivity index (χ4v) is 5.60. The van der Waals surface area contributed by atoms with Crippen LogP contribution in [0.15, 0.2) is 6.07 Å². The maximum absolute atomic E-state index is 12.4. The third-order valence-corrected chi connectivity index (χ3v) is 7.50. The van der Waals surface area contributed by atoms with E-state index < -0.39 is 15.3 Å². The second kappa shape index (κ2) is 6.13. The number of nitrogens with one attached hydrogen (secondary N) is 1. The van der Waals surface area contributed by atoms with Gasteiger partial charge >= 0.3 is 0 Å². The van der Waals surface area contributed by atoms with Gasteiger partial charge in [-0.3, -0.25) is 0 Å². The minimum absolute atomic E-state index is 0.184. The Morgan fingerprint density at radius 3 is 2.75 bits per heavy atom. The first-order valence-corrected chi connectivity index (χ1v) is 9.43. The van der Waals surface area contributed by atoms with E-state index in [0.29, 0.717) is 13.0 Å². The van der Waals surface area contributed by atoms with Crippen LogP contribution in [-0.4, -0.2) is 26.4 Å². The summed E-state index contributed by atoms with van der Waals surface area (Å²) in [7, 11) is -3.34. The lowest BCUT2D eigenvalue weighted by molar-refractivity contribution is 0.126. The molecule has 1 aromatic rings. The quantitative estimate of drug-likeness (QED) is 0.908. The molecular formula is C14H23NO3S2. The summed E-state index contributed by atoms with van der Waals surface area (Å²) in [5, 5.41) is -0.434. The molecule has 0 aromatic carbocycles. The minimum Gasteiger partial charge on any atom is -0.377 e. The summed E-state index contributed by atoms with van der Waals surface area (Å²) in [6.07, 6.45) is 1.34. The van der Waals surface area contributed by atoms with Crippen molar-refractivity contribution >= 4 is 21.4 Å². The summed E-state index contributed by atoms with van der Waals surface area (Å²) in [4.78, 5) is 2.40. The van der Waals surface area contributed by atoms with Gasteiger partial charge in [-0.2, -0.15) is 0 Å². The number of ether oxygens (including phenoxy) is 1. The average molecular weight is 317 g/mol. The van der Waals surface area contributed by atoms with Crippen molar-refractivity contribution in [2.75, 3.05) is 6.61 Å². The predicted octanol–water partition coefficient (Wildman–Crippen LogP) is 2.78. The largest absolute Gasteiger partial charge is 0.377 e. The van der Waals surface area contributed by atoms with E-state index in [1.54, 1.807) is 11.3 Å². The number of rotatable bonds is 5. The van der Waals surface area contributed by atoms with Gasteiger partial charge < -0.3 is 4.74 Å². The molecule has 0 radical (unpaired) electrons. The highest BCUT2D eigenvalue weighted by Crippen LogP contribution is 2.29. The van der Waals surface area contributed by atoms with Gasteiger partial charge in [0.05, 0.1) is 12.1 Å². The molecule has 0 unspecified atom stereocenters. The lowest BCUT2D eigenvalue weighted by Crippen LogP contribution is -2.39. The van der Waals surface area contributed by atoms with E-state index in [9.17, 15) is 8.42 Å². The predicted molar refractivity (Wildman–Crippen MR) is 82.7 cm³/mol. The Hall–Kier alpha value is -0.430. The molecule has 0 saturated carbocycles. The first-order chi connectivity index (χ1) is 9.35. The summed E-state index contributed by atoms with van der Waals surface area (Å²) in [6.45, 7) is 8.45. The molecule has 114 valence electrons. The van der Waals surface area contributed by atoms with Gasteiger partial charge in [-0.05, 0) is 45.2 Å². The van der Waals surface area contributed by atoms with Crippen molar-refractivity contribution in [3.63, 3.8) is 0 Å². The Balaban J connectivity index is 2.12. The van der Waals surface area contributed by atoms with Crippen LogP contribution in [-0.2, 0) is 21.2 Å². The smallest absolute Gasteiger partial charge is 0.217 e. The van der Waals surface area contributed by atoms with Crippen LogP contribution in [0.3, 0.4) is 0 Å². The molecule has 0 amide bonds. The minimum atomic E-state index is -3.34. The summed E-state index contributed by atoms with van der Waals surface area (Å²) in [5.41, 5.74) is 1.25. The van der Waals surface area contributed by atoms with E-state index in [-0.39, 0.29) is 12.1 Å². The summed E-state index contributed by atoms with van der Waals surface area (Å²) < 4.78 is 33.0. The Kier molecular flexibility index (Phi) is 4.89. The molecule has 4 nitrogen and oxygen atoms in total. The third-order valence-electron chi connectivity index (χ3n) is 3.83. The molecule has 6 heteroatoms. The summed E-state index contributed by atoms with van der Waals surface area (Å²) >= 11 is 1.69. The molecule has 1 aromatic heterocycles. The molecule has 1 aliphatic heterocycles. The van der Waals surface area contributed by atoms with Crippen molar-refractivity contribution in [2.45, 2.75) is 57.9 Å². The van der Waals surface area contributed by atoms with Crippen LogP contribution in [0.5, 0.6) is 0 Å². The third kappa shape index (κ3) is 3.24. The van der Waals surface area contributed by atoms with Crippen molar-refractivity contribution in [2.24, 2.45) is 0 Å². The molecular weight excluding hydrogens is 294 g/mol. The maximum Gasteiger partial charge on any atom is 0.217 e. The number of thiophene rings is 1. The van der Waals surface area contributed by atoms with Crippen molar-refractivity contribution in [3.8, 4) is 0 Å². The zero-order valence-corrected chi connectivity index (χ0v) is 14.1. The highest BCUT2D eigenvalue weighted by molar-refractivity contribution is 7.90. The first-order valence-electron chi connectivity index (χ1n) is 7.07. The van der Waals surface area contributed by atoms with Crippen LogP contribution in [0.25, 0.3) is 0 Å². The molecule has 2 rings (SSSR count). The number of hydrogen-bond donors (Lipinski definition) is 1. The molecule has 1 saturated heterocycles. The first kappa shape index (κ1) is 15.9. The standard InChI is InChI=1S/C14H23NO3S2/c1-5-12-9(2)8-13(19-12)10(3)15-20(16,17)14-6-7-18-11(14)4/h8,10-11,14-15H,5-7H2,1-4H3/t10-,11-,14+/m0/s1. The van der Waals surface area contributed by atoms with Gasteiger partial charge in [-0.25, -0.2) is 13.1 Å². The summed E-state index contributed by atoms with van der Waals surface area (Å²) in [5.74, 6) is 0. The Bertz CT molecular complexity index is 565. The fourth-order valence-electron chi connectivity index (χ4n) is 2.62. The Morgan fingerprint density at radius 1 is 1.55 bits per heavy atom. The topological polar surface area (TPSA) is 55.4 Å². The van der Waals surface area contributed by atoms with Crippen molar-refractivity contribution < 1.29 is 13.2 Å². The van der Waals surface area contributed by atoms with Crippen LogP contribution in [0.2, 0.25) is 0 Å². The van der Waals surface area contributed by atoms with Gasteiger partial charge in [0.25, 0.3) is 0 Å². The van der Waals surface area contributed by atoms with Crippen molar-refractivity contribution in [3.05, 3.63) is 21.4 Å². The molecule has 1 fully saturated rings. The number of aryl methyl sites for hydroxylation is 2. The highest BCUT2D eigenvalue weighted by Gasteiger charge is 2.36. The number of sulfonamides is 1. The molecule has 1 N–H and O–H groups in total.